The summed E-state index contributed by atoms with van der Waals surface area (Å²) in [4.78, 5) is 4.71. The zero-order valence-corrected chi connectivity index (χ0v) is 25.1. The minimum atomic E-state index is -0.819. The SMILES string of the molecule is CCCCCCCCc1ccc(-c2ccc(OCCCCCCCCCCC[Si](C)(C)C)cc2)nc1. The number of hydrogen-bond acceptors (Lipinski definition) is 2. The average molecular weight is 510 g/mol. The van der Waals surface area contributed by atoms with Crippen LogP contribution in [0, 0.1) is 0 Å². The van der Waals surface area contributed by atoms with Crippen LogP contribution in [0.4, 0.5) is 0 Å². The van der Waals surface area contributed by atoms with Gasteiger partial charge in [-0.15, -0.1) is 0 Å². The Morgan fingerprint density at radius 1 is 0.639 bits per heavy atom. The lowest BCUT2D eigenvalue weighted by molar-refractivity contribution is 0.304. The molecule has 0 saturated carbocycles. The van der Waals surface area contributed by atoms with Gasteiger partial charge in [-0.2, -0.15) is 0 Å². The Morgan fingerprint density at radius 2 is 1.22 bits per heavy atom. The van der Waals surface area contributed by atoms with Gasteiger partial charge < -0.3 is 4.74 Å². The van der Waals surface area contributed by atoms with Gasteiger partial charge in [0.25, 0.3) is 0 Å². The van der Waals surface area contributed by atoms with Crippen LogP contribution in [-0.2, 0) is 6.42 Å². The molecule has 0 amide bonds. The van der Waals surface area contributed by atoms with Gasteiger partial charge in [0, 0.05) is 19.8 Å². The molecule has 0 spiro atoms. The first-order valence-corrected chi connectivity index (χ1v) is 18.9. The van der Waals surface area contributed by atoms with Gasteiger partial charge in [-0.25, -0.2) is 0 Å². The minimum absolute atomic E-state index is 0.819. The van der Waals surface area contributed by atoms with Gasteiger partial charge in [-0.05, 0) is 55.2 Å². The van der Waals surface area contributed by atoms with Crippen molar-refractivity contribution < 1.29 is 4.74 Å². The molecule has 2 nitrogen and oxygen atoms in total. The summed E-state index contributed by atoms with van der Waals surface area (Å²) in [6.45, 7) is 10.6. The summed E-state index contributed by atoms with van der Waals surface area (Å²) in [7, 11) is -0.819. The van der Waals surface area contributed by atoms with Crippen molar-refractivity contribution in [2.75, 3.05) is 6.61 Å². The number of rotatable bonds is 21. The van der Waals surface area contributed by atoms with Crippen molar-refractivity contribution in [3.63, 3.8) is 0 Å². The first kappa shape index (κ1) is 30.6. The third-order valence-corrected chi connectivity index (χ3v) is 8.99. The zero-order chi connectivity index (χ0) is 25.9. The summed E-state index contributed by atoms with van der Waals surface area (Å²) in [6, 6.07) is 14.3. The van der Waals surface area contributed by atoms with Gasteiger partial charge in [0.15, 0.2) is 0 Å². The van der Waals surface area contributed by atoms with Gasteiger partial charge in [0.1, 0.15) is 5.75 Å². The van der Waals surface area contributed by atoms with E-state index in [1.807, 2.05) is 0 Å². The highest BCUT2D eigenvalue weighted by Crippen LogP contribution is 2.22. The lowest BCUT2D eigenvalue weighted by Gasteiger charge is -2.14. The van der Waals surface area contributed by atoms with E-state index in [2.05, 4.69) is 69.2 Å². The molecular formula is C33H55NOSi. The molecule has 0 aliphatic carbocycles. The number of aromatic nitrogens is 1. The molecule has 202 valence electrons. The molecule has 0 N–H and O–H groups in total. The van der Waals surface area contributed by atoms with E-state index in [1.165, 1.54) is 101 Å². The summed E-state index contributed by atoms with van der Waals surface area (Å²) in [5.74, 6) is 0.969. The largest absolute Gasteiger partial charge is 0.494 e. The molecule has 0 unspecified atom stereocenters. The second kappa shape index (κ2) is 18.6. The summed E-state index contributed by atoms with van der Waals surface area (Å²) >= 11 is 0. The number of hydrogen-bond donors (Lipinski definition) is 0. The number of aryl methyl sites for hydroxylation is 1. The van der Waals surface area contributed by atoms with Crippen LogP contribution in [0.3, 0.4) is 0 Å². The molecule has 2 rings (SSSR count). The standard InChI is InChI=1S/C33H55NOSi/c1-5-6-7-8-14-17-20-30-21-26-33(34-29-30)31-22-24-32(25-23-31)35-27-18-15-12-10-9-11-13-16-19-28-36(2,3)4/h21-26,29H,5-20,27-28H2,1-4H3. The molecule has 1 aromatic carbocycles. The molecule has 0 bridgehead atoms. The summed E-state index contributed by atoms with van der Waals surface area (Å²) < 4.78 is 5.98. The predicted octanol–water partition coefficient (Wildman–Crippen LogP) is 10.9. The maximum Gasteiger partial charge on any atom is 0.119 e. The summed E-state index contributed by atoms with van der Waals surface area (Å²) in [6.07, 6.45) is 23.6. The van der Waals surface area contributed by atoms with Crippen molar-refractivity contribution in [2.24, 2.45) is 0 Å². The molecule has 0 fully saturated rings. The van der Waals surface area contributed by atoms with Crippen molar-refractivity contribution in [3.05, 3.63) is 48.2 Å². The molecule has 0 aliphatic heterocycles. The normalized spacial score (nSPS) is 11.7. The van der Waals surface area contributed by atoms with Gasteiger partial charge in [-0.1, -0.05) is 122 Å². The number of nitrogens with zero attached hydrogens (tertiary/aromatic N) is 1. The van der Waals surface area contributed by atoms with E-state index < -0.39 is 8.07 Å². The van der Waals surface area contributed by atoms with E-state index in [-0.39, 0.29) is 0 Å². The maximum absolute atomic E-state index is 5.98. The van der Waals surface area contributed by atoms with E-state index in [9.17, 15) is 0 Å². The summed E-state index contributed by atoms with van der Waals surface area (Å²) in [5.41, 5.74) is 3.56. The van der Waals surface area contributed by atoms with Crippen LogP contribution in [0.15, 0.2) is 42.6 Å². The highest BCUT2D eigenvalue weighted by atomic mass is 28.3. The van der Waals surface area contributed by atoms with Gasteiger partial charge in [-0.3, -0.25) is 4.98 Å². The van der Waals surface area contributed by atoms with E-state index in [1.54, 1.807) is 0 Å². The van der Waals surface area contributed by atoms with Gasteiger partial charge >= 0.3 is 0 Å². The van der Waals surface area contributed by atoms with Crippen molar-refractivity contribution in [2.45, 2.75) is 135 Å². The van der Waals surface area contributed by atoms with Crippen LogP contribution in [0.25, 0.3) is 11.3 Å². The molecule has 0 radical (unpaired) electrons. The van der Waals surface area contributed by atoms with Crippen LogP contribution in [-0.4, -0.2) is 19.7 Å². The van der Waals surface area contributed by atoms with Gasteiger partial charge in [0.05, 0.1) is 12.3 Å². The molecule has 1 aromatic heterocycles. The maximum atomic E-state index is 5.98. The third kappa shape index (κ3) is 14.8. The molecule has 1 heterocycles. The first-order valence-electron chi connectivity index (χ1n) is 15.2. The summed E-state index contributed by atoms with van der Waals surface area (Å²) in [5, 5.41) is 0. The Hall–Kier alpha value is -1.61. The number of ether oxygens (including phenoxy) is 1. The highest BCUT2D eigenvalue weighted by Gasteiger charge is 2.11. The Kier molecular flexibility index (Phi) is 15.8. The quantitative estimate of drug-likeness (QED) is 0.123. The van der Waals surface area contributed by atoms with Crippen LogP contribution in [0.1, 0.15) is 109 Å². The predicted molar refractivity (Wildman–Crippen MR) is 162 cm³/mol. The zero-order valence-electron chi connectivity index (χ0n) is 24.1. The fourth-order valence-corrected chi connectivity index (χ4v) is 6.07. The lowest BCUT2D eigenvalue weighted by atomic mass is 10.1. The molecule has 3 heteroatoms. The van der Waals surface area contributed by atoms with E-state index in [4.69, 9.17) is 9.72 Å². The smallest absolute Gasteiger partial charge is 0.119 e. The number of unbranched alkanes of at least 4 members (excludes halogenated alkanes) is 13. The molecule has 0 aliphatic rings. The monoisotopic (exact) mass is 509 g/mol. The van der Waals surface area contributed by atoms with E-state index >= 15 is 0 Å². The van der Waals surface area contributed by atoms with Crippen molar-refractivity contribution in [1.29, 1.82) is 0 Å². The number of benzene rings is 1. The lowest BCUT2D eigenvalue weighted by Crippen LogP contribution is -2.18. The molecular weight excluding hydrogens is 454 g/mol. The Morgan fingerprint density at radius 3 is 1.81 bits per heavy atom. The van der Waals surface area contributed by atoms with Gasteiger partial charge in [0.2, 0.25) is 0 Å². The van der Waals surface area contributed by atoms with Crippen LogP contribution in [0.5, 0.6) is 5.75 Å². The van der Waals surface area contributed by atoms with E-state index in [0.29, 0.717) is 0 Å². The minimum Gasteiger partial charge on any atom is -0.494 e. The highest BCUT2D eigenvalue weighted by molar-refractivity contribution is 6.76. The molecule has 36 heavy (non-hydrogen) atoms. The fraction of sp³-hybridized carbons (Fsp3) is 0.667. The third-order valence-electron chi connectivity index (χ3n) is 7.13. The number of pyridine rings is 1. The molecule has 2 aromatic rings. The fourth-order valence-electron chi connectivity index (χ4n) is 4.76. The average Bonchev–Trinajstić information content (AvgIpc) is 2.87. The Balaban J connectivity index is 1.51. The van der Waals surface area contributed by atoms with Crippen LogP contribution >= 0.6 is 0 Å². The van der Waals surface area contributed by atoms with Crippen molar-refractivity contribution in [3.8, 4) is 17.0 Å². The Bertz CT molecular complexity index is 779. The second-order valence-electron chi connectivity index (χ2n) is 11.9. The van der Waals surface area contributed by atoms with Crippen molar-refractivity contribution >= 4 is 8.07 Å². The first-order chi connectivity index (χ1) is 17.5. The Labute approximate surface area is 224 Å². The van der Waals surface area contributed by atoms with Crippen LogP contribution in [0.2, 0.25) is 25.7 Å². The topological polar surface area (TPSA) is 22.1 Å². The van der Waals surface area contributed by atoms with Crippen molar-refractivity contribution in [1.82, 2.24) is 4.98 Å². The van der Waals surface area contributed by atoms with Crippen LogP contribution < -0.4 is 4.74 Å². The second-order valence-corrected chi connectivity index (χ2v) is 17.6. The molecule has 0 atom stereocenters. The van der Waals surface area contributed by atoms with E-state index in [0.717, 1.165) is 36.5 Å². The molecule has 0 saturated heterocycles.